The molecule has 0 aliphatic rings. The van der Waals surface area contributed by atoms with Crippen LogP contribution in [-0.2, 0) is 6.54 Å². The summed E-state index contributed by atoms with van der Waals surface area (Å²) in [7, 11) is 1.52. The van der Waals surface area contributed by atoms with Gasteiger partial charge in [-0.25, -0.2) is 4.39 Å². The quantitative estimate of drug-likeness (QED) is 0.251. The molecule has 0 aliphatic heterocycles. The van der Waals surface area contributed by atoms with Gasteiger partial charge in [-0.3, -0.25) is 15.1 Å². The van der Waals surface area contributed by atoms with Crippen LogP contribution in [0.15, 0.2) is 73.3 Å². The summed E-state index contributed by atoms with van der Waals surface area (Å²) in [6.45, 7) is 3.77. The van der Waals surface area contributed by atoms with Gasteiger partial charge in [0.05, 0.1) is 30.0 Å². The molecule has 0 saturated heterocycles. The number of rotatable bonds is 7. The number of nitrogens with one attached hydrogen (secondary N) is 3. The number of methoxy groups -OCH3 is 1. The summed E-state index contributed by atoms with van der Waals surface area (Å²) < 4.78 is 19.5. The lowest BCUT2D eigenvalue weighted by atomic mass is 10.0. The monoisotopic (exact) mass is 492 g/mol. The van der Waals surface area contributed by atoms with Gasteiger partial charge in [0.1, 0.15) is 17.3 Å². The van der Waals surface area contributed by atoms with E-state index in [-0.39, 0.29) is 5.82 Å². The van der Waals surface area contributed by atoms with Crippen molar-refractivity contribution >= 4 is 21.8 Å². The Labute approximate surface area is 212 Å². The molecule has 0 unspecified atom stereocenters. The number of benzene rings is 2. The van der Waals surface area contributed by atoms with Crippen LogP contribution in [0.1, 0.15) is 12.5 Å². The van der Waals surface area contributed by atoms with E-state index in [1.807, 2.05) is 24.5 Å². The molecule has 37 heavy (non-hydrogen) atoms. The van der Waals surface area contributed by atoms with Gasteiger partial charge in [-0.05, 0) is 59.6 Å². The first kappa shape index (κ1) is 22.9. The summed E-state index contributed by atoms with van der Waals surface area (Å²) in [4.78, 5) is 12.3. The van der Waals surface area contributed by atoms with E-state index in [0.717, 1.165) is 68.5 Å². The molecule has 0 fully saturated rings. The molecular weight excluding hydrogens is 467 g/mol. The molecule has 6 rings (SSSR count). The zero-order valence-corrected chi connectivity index (χ0v) is 20.5. The van der Waals surface area contributed by atoms with Crippen LogP contribution >= 0.6 is 0 Å². The Balaban J connectivity index is 1.43. The second kappa shape index (κ2) is 9.48. The highest BCUT2D eigenvalue weighted by molar-refractivity contribution is 6.01. The number of H-pyrrole nitrogens is 2. The maximum absolute atomic E-state index is 14.2. The van der Waals surface area contributed by atoms with Crippen LogP contribution in [0.5, 0.6) is 5.75 Å². The number of aromatic amines is 2. The zero-order valence-electron chi connectivity index (χ0n) is 20.5. The molecule has 4 aromatic heterocycles. The highest BCUT2D eigenvalue weighted by Crippen LogP contribution is 2.36. The van der Waals surface area contributed by atoms with Crippen LogP contribution in [0.4, 0.5) is 4.39 Å². The number of hydrogen-bond donors (Lipinski definition) is 3. The van der Waals surface area contributed by atoms with E-state index < -0.39 is 0 Å². The molecule has 4 heterocycles. The molecular formula is C29H25FN6O. The fourth-order valence-corrected chi connectivity index (χ4v) is 4.66. The Morgan fingerprint density at radius 3 is 2.62 bits per heavy atom. The van der Waals surface area contributed by atoms with E-state index in [9.17, 15) is 4.39 Å². The highest BCUT2D eigenvalue weighted by atomic mass is 19.1. The van der Waals surface area contributed by atoms with Gasteiger partial charge in [0.2, 0.25) is 0 Å². The molecule has 0 atom stereocenters. The smallest absolute Gasteiger partial charge is 0.127 e. The molecule has 7 nitrogen and oxygen atoms in total. The third-order valence-corrected chi connectivity index (χ3v) is 6.49. The number of ether oxygens (including phenoxy) is 1. The lowest BCUT2D eigenvalue weighted by molar-refractivity contribution is 0.411. The minimum absolute atomic E-state index is 0.364. The Kier molecular flexibility index (Phi) is 5.86. The van der Waals surface area contributed by atoms with Crippen molar-refractivity contribution in [3.8, 4) is 39.4 Å². The lowest BCUT2D eigenvalue weighted by Gasteiger charge is -2.06. The van der Waals surface area contributed by atoms with Crippen LogP contribution in [0.25, 0.3) is 55.4 Å². The van der Waals surface area contributed by atoms with Crippen LogP contribution in [0.3, 0.4) is 0 Å². The fraction of sp³-hybridized carbons (Fsp3) is 0.138. The Morgan fingerprint density at radius 2 is 1.76 bits per heavy atom. The standard InChI is InChI=1S/C29H25FN6O/c1-3-31-12-17-6-20(14-32-13-17)18-4-5-26-24(9-18)29(36-35-26)27-11-23-25(15-33-16-28(23)34-27)19-7-21(30)10-22(8-19)37-2/h4-11,13-16,31,34H,3,12H2,1-2H3,(H,35,36). The number of pyridine rings is 2. The molecule has 184 valence electrons. The topological polar surface area (TPSA) is 91.5 Å². The van der Waals surface area contributed by atoms with Crippen LogP contribution in [0, 0.1) is 5.82 Å². The van der Waals surface area contributed by atoms with E-state index in [2.05, 4.69) is 55.6 Å². The van der Waals surface area contributed by atoms with E-state index in [1.165, 1.54) is 19.2 Å². The molecule has 0 spiro atoms. The molecule has 6 aromatic rings. The van der Waals surface area contributed by atoms with Crippen LogP contribution in [-0.4, -0.2) is 38.8 Å². The number of nitrogens with zero attached hydrogens (tertiary/aromatic N) is 3. The van der Waals surface area contributed by atoms with Crippen molar-refractivity contribution in [2.75, 3.05) is 13.7 Å². The van der Waals surface area contributed by atoms with Gasteiger partial charge in [0, 0.05) is 53.1 Å². The van der Waals surface area contributed by atoms with E-state index in [4.69, 9.17) is 4.74 Å². The number of aromatic nitrogens is 5. The zero-order chi connectivity index (χ0) is 25.4. The molecule has 0 aliphatic carbocycles. The average Bonchev–Trinajstić information content (AvgIpc) is 3.55. The number of halogens is 1. The predicted molar refractivity (Wildman–Crippen MR) is 144 cm³/mol. The van der Waals surface area contributed by atoms with Crippen LogP contribution < -0.4 is 10.1 Å². The molecule has 0 amide bonds. The summed E-state index contributed by atoms with van der Waals surface area (Å²) in [5.74, 6) is 0.0922. The largest absolute Gasteiger partial charge is 0.497 e. The van der Waals surface area contributed by atoms with Gasteiger partial charge >= 0.3 is 0 Å². The summed E-state index contributed by atoms with van der Waals surface area (Å²) in [5, 5.41) is 13.0. The minimum atomic E-state index is -0.364. The average molecular weight is 493 g/mol. The maximum atomic E-state index is 14.2. The maximum Gasteiger partial charge on any atom is 0.127 e. The van der Waals surface area contributed by atoms with E-state index in [1.54, 1.807) is 18.5 Å². The predicted octanol–water partition coefficient (Wildman–Crippen LogP) is 6.09. The van der Waals surface area contributed by atoms with Gasteiger partial charge in [0.15, 0.2) is 0 Å². The number of hydrogen-bond acceptors (Lipinski definition) is 5. The first-order valence-electron chi connectivity index (χ1n) is 12.1. The molecule has 3 N–H and O–H groups in total. The first-order chi connectivity index (χ1) is 18.1. The third-order valence-electron chi connectivity index (χ3n) is 6.49. The fourth-order valence-electron chi connectivity index (χ4n) is 4.66. The van der Waals surface area contributed by atoms with E-state index >= 15 is 0 Å². The van der Waals surface area contributed by atoms with Crippen molar-refractivity contribution in [2.24, 2.45) is 0 Å². The van der Waals surface area contributed by atoms with Gasteiger partial charge in [-0.15, -0.1) is 0 Å². The second-order valence-electron chi connectivity index (χ2n) is 8.91. The SMILES string of the molecule is CCNCc1cncc(-c2ccc3[nH]nc(-c4cc5c(-c6cc(F)cc(OC)c6)cncc5[nH]4)c3c2)c1. The van der Waals surface area contributed by atoms with Gasteiger partial charge in [0.25, 0.3) is 0 Å². The van der Waals surface area contributed by atoms with Crippen LogP contribution in [0.2, 0.25) is 0 Å². The summed E-state index contributed by atoms with van der Waals surface area (Å²) in [6, 6.07) is 15.1. The third kappa shape index (κ3) is 4.32. The molecule has 0 radical (unpaired) electrons. The minimum Gasteiger partial charge on any atom is -0.497 e. The molecule has 8 heteroatoms. The highest BCUT2D eigenvalue weighted by Gasteiger charge is 2.15. The lowest BCUT2D eigenvalue weighted by Crippen LogP contribution is -2.11. The summed E-state index contributed by atoms with van der Waals surface area (Å²) in [6.07, 6.45) is 7.27. The summed E-state index contributed by atoms with van der Waals surface area (Å²) >= 11 is 0. The first-order valence-corrected chi connectivity index (χ1v) is 12.1. The summed E-state index contributed by atoms with van der Waals surface area (Å²) in [5.41, 5.74) is 8.16. The number of fused-ring (bicyclic) bond motifs is 2. The van der Waals surface area contributed by atoms with Crippen molar-refractivity contribution in [1.82, 2.24) is 30.5 Å². The molecule has 0 bridgehead atoms. The van der Waals surface area contributed by atoms with Crippen molar-refractivity contribution in [3.05, 3.63) is 84.7 Å². The van der Waals surface area contributed by atoms with Crippen molar-refractivity contribution in [1.29, 1.82) is 0 Å². The van der Waals surface area contributed by atoms with Crippen molar-refractivity contribution in [2.45, 2.75) is 13.5 Å². The van der Waals surface area contributed by atoms with Gasteiger partial charge < -0.3 is 15.0 Å². The van der Waals surface area contributed by atoms with Gasteiger partial charge in [-0.1, -0.05) is 13.0 Å². The molecule has 2 aromatic carbocycles. The van der Waals surface area contributed by atoms with Crippen molar-refractivity contribution in [3.63, 3.8) is 0 Å². The van der Waals surface area contributed by atoms with E-state index in [0.29, 0.717) is 11.3 Å². The normalized spacial score (nSPS) is 11.4. The Bertz CT molecular complexity index is 1740. The molecule has 0 saturated carbocycles. The Hall–Kier alpha value is -4.56. The second-order valence-corrected chi connectivity index (χ2v) is 8.91. The van der Waals surface area contributed by atoms with Gasteiger partial charge in [-0.2, -0.15) is 5.10 Å². The van der Waals surface area contributed by atoms with Crippen molar-refractivity contribution < 1.29 is 9.13 Å². The Morgan fingerprint density at radius 1 is 0.865 bits per heavy atom.